The molecule has 0 fully saturated rings. The Kier molecular flexibility index (Phi) is 5.16. The van der Waals surface area contributed by atoms with Crippen LogP contribution in [0.25, 0.3) is 0 Å². The number of hydrogen-bond acceptors (Lipinski definition) is 3. The van der Waals surface area contributed by atoms with Crippen molar-refractivity contribution in [2.75, 3.05) is 18.1 Å². The zero-order chi connectivity index (χ0) is 18.0. The normalized spacial score (nSPS) is 15.9. The third kappa shape index (κ3) is 3.89. The minimum absolute atomic E-state index is 0.202. The first-order valence-corrected chi connectivity index (χ1v) is 8.47. The van der Waals surface area contributed by atoms with Gasteiger partial charge in [-0.1, -0.05) is 23.2 Å². The number of benzene rings is 2. The van der Waals surface area contributed by atoms with Gasteiger partial charge in [-0.15, -0.1) is 0 Å². The molecule has 2 amide bonds. The molecule has 130 valence electrons. The third-order valence-corrected chi connectivity index (χ3v) is 4.34. The van der Waals surface area contributed by atoms with Crippen LogP contribution in [0.1, 0.15) is 18.5 Å². The Morgan fingerprint density at radius 3 is 2.52 bits per heavy atom. The van der Waals surface area contributed by atoms with E-state index < -0.39 is 6.04 Å². The molecule has 0 spiro atoms. The minimum atomic E-state index is -0.721. The van der Waals surface area contributed by atoms with E-state index in [4.69, 9.17) is 27.9 Å². The molecule has 5 nitrogen and oxygen atoms in total. The molecule has 2 aromatic rings. The number of carbonyl (C=O) groups excluding carboxylic acids is 2. The molecule has 1 heterocycles. The lowest BCUT2D eigenvalue weighted by Crippen LogP contribution is -2.38. The van der Waals surface area contributed by atoms with E-state index in [-0.39, 0.29) is 11.8 Å². The molecule has 0 saturated heterocycles. The Labute approximate surface area is 155 Å². The highest BCUT2D eigenvalue weighted by atomic mass is 35.5. The SMILES string of the molecule is CC(=O)N[C@H]1C(=O)N(CCOc2ccc(Cl)cc2)c2ccc(Cl)cc21. The van der Waals surface area contributed by atoms with Crippen LogP contribution in [0.3, 0.4) is 0 Å². The molecule has 0 radical (unpaired) electrons. The van der Waals surface area contributed by atoms with Crippen molar-refractivity contribution in [1.29, 1.82) is 0 Å². The van der Waals surface area contributed by atoms with Gasteiger partial charge in [-0.25, -0.2) is 0 Å². The lowest BCUT2D eigenvalue weighted by molar-refractivity contribution is -0.126. The molecule has 1 aliphatic rings. The van der Waals surface area contributed by atoms with Crippen LogP contribution < -0.4 is 15.0 Å². The number of carbonyl (C=O) groups is 2. The van der Waals surface area contributed by atoms with E-state index in [1.54, 1.807) is 47.4 Å². The summed E-state index contributed by atoms with van der Waals surface area (Å²) >= 11 is 11.9. The summed E-state index contributed by atoms with van der Waals surface area (Å²) in [5.74, 6) is 0.196. The van der Waals surface area contributed by atoms with E-state index in [2.05, 4.69) is 5.32 Å². The van der Waals surface area contributed by atoms with E-state index in [0.717, 1.165) is 5.69 Å². The standard InChI is InChI=1S/C18H16Cl2N2O3/c1-11(23)21-17-15-10-13(20)4-7-16(15)22(18(17)24)8-9-25-14-5-2-12(19)3-6-14/h2-7,10,17H,8-9H2,1H3,(H,21,23)/t17-/m1/s1. The zero-order valence-corrected chi connectivity index (χ0v) is 15.0. The topological polar surface area (TPSA) is 58.6 Å². The van der Waals surface area contributed by atoms with Crippen molar-refractivity contribution in [3.8, 4) is 5.75 Å². The lowest BCUT2D eigenvalue weighted by Gasteiger charge is -2.18. The van der Waals surface area contributed by atoms with E-state index >= 15 is 0 Å². The van der Waals surface area contributed by atoms with Gasteiger partial charge in [0.2, 0.25) is 5.91 Å². The van der Waals surface area contributed by atoms with Crippen LogP contribution in [0.4, 0.5) is 5.69 Å². The Morgan fingerprint density at radius 1 is 1.16 bits per heavy atom. The van der Waals surface area contributed by atoms with Gasteiger partial charge in [-0.3, -0.25) is 9.59 Å². The van der Waals surface area contributed by atoms with Gasteiger partial charge in [0, 0.05) is 28.2 Å². The molecule has 0 bridgehead atoms. The number of nitrogens with one attached hydrogen (secondary N) is 1. The van der Waals surface area contributed by atoms with Crippen LogP contribution in [-0.2, 0) is 9.59 Å². The zero-order valence-electron chi connectivity index (χ0n) is 13.5. The average molecular weight is 379 g/mol. The summed E-state index contributed by atoms with van der Waals surface area (Å²) in [6, 6.07) is 11.5. The maximum atomic E-state index is 12.7. The van der Waals surface area contributed by atoms with Crippen LogP contribution >= 0.6 is 23.2 Å². The Bertz CT molecular complexity index is 808. The molecule has 1 aliphatic heterocycles. The molecular weight excluding hydrogens is 363 g/mol. The first-order chi connectivity index (χ1) is 12.0. The smallest absolute Gasteiger partial charge is 0.254 e. The molecule has 0 unspecified atom stereocenters. The van der Waals surface area contributed by atoms with Crippen molar-refractivity contribution in [1.82, 2.24) is 5.32 Å². The van der Waals surface area contributed by atoms with Crippen LogP contribution in [0.2, 0.25) is 10.0 Å². The maximum absolute atomic E-state index is 12.7. The summed E-state index contributed by atoms with van der Waals surface area (Å²) in [5, 5.41) is 3.82. The number of nitrogens with zero attached hydrogens (tertiary/aromatic N) is 1. The number of halogens is 2. The highest BCUT2D eigenvalue weighted by Crippen LogP contribution is 2.37. The summed E-state index contributed by atoms with van der Waals surface area (Å²) in [7, 11) is 0. The van der Waals surface area contributed by atoms with E-state index in [1.807, 2.05) is 0 Å². The van der Waals surface area contributed by atoms with Crippen LogP contribution in [0.5, 0.6) is 5.75 Å². The Balaban J connectivity index is 1.74. The molecule has 2 aromatic carbocycles. The number of ether oxygens (including phenoxy) is 1. The van der Waals surface area contributed by atoms with Crippen LogP contribution in [0, 0.1) is 0 Å². The Morgan fingerprint density at radius 2 is 1.84 bits per heavy atom. The van der Waals surface area contributed by atoms with Gasteiger partial charge in [-0.05, 0) is 42.5 Å². The van der Waals surface area contributed by atoms with Crippen LogP contribution in [0.15, 0.2) is 42.5 Å². The fraction of sp³-hybridized carbons (Fsp3) is 0.222. The van der Waals surface area contributed by atoms with Gasteiger partial charge in [0.25, 0.3) is 5.91 Å². The molecule has 1 N–H and O–H groups in total. The second kappa shape index (κ2) is 7.33. The fourth-order valence-corrected chi connectivity index (χ4v) is 3.08. The molecule has 0 aliphatic carbocycles. The van der Waals surface area contributed by atoms with Gasteiger partial charge < -0.3 is 15.0 Å². The quantitative estimate of drug-likeness (QED) is 0.864. The van der Waals surface area contributed by atoms with Crippen molar-refractivity contribution in [3.63, 3.8) is 0 Å². The molecule has 25 heavy (non-hydrogen) atoms. The van der Waals surface area contributed by atoms with E-state index in [1.165, 1.54) is 6.92 Å². The van der Waals surface area contributed by atoms with Gasteiger partial charge in [-0.2, -0.15) is 0 Å². The predicted octanol–water partition coefficient (Wildman–Crippen LogP) is 3.60. The van der Waals surface area contributed by atoms with Gasteiger partial charge in [0.1, 0.15) is 18.4 Å². The largest absolute Gasteiger partial charge is 0.492 e. The van der Waals surface area contributed by atoms with Gasteiger partial charge >= 0.3 is 0 Å². The van der Waals surface area contributed by atoms with E-state index in [9.17, 15) is 9.59 Å². The fourth-order valence-electron chi connectivity index (χ4n) is 2.77. The summed E-state index contributed by atoms with van der Waals surface area (Å²) in [6.45, 7) is 2.04. The molecular formula is C18H16Cl2N2O3. The molecule has 0 aromatic heterocycles. The van der Waals surface area contributed by atoms with Crippen molar-refractivity contribution >= 4 is 40.7 Å². The summed E-state index contributed by atoms with van der Waals surface area (Å²) < 4.78 is 5.66. The average Bonchev–Trinajstić information content (AvgIpc) is 2.81. The maximum Gasteiger partial charge on any atom is 0.254 e. The number of fused-ring (bicyclic) bond motifs is 1. The van der Waals surface area contributed by atoms with Crippen molar-refractivity contribution < 1.29 is 14.3 Å². The highest BCUT2D eigenvalue weighted by molar-refractivity contribution is 6.31. The lowest BCUT2D eigenvalue weighted by atomic mass is 10.1. The number of anilines is 1. The van der Waals surface area contributed by atoms with Crippen LogP contribution in [-0.4, -0.2) is 25.0 Å². The van der Waals surface area contributed by atoms with Gasteiger partial charge in [0.15, 0.2) is 0 Å². The summed E-state index contributed by atoms with van der Waals surface area (Å²) in [6.07, 6.45) is 0. The highest BCUT2D eigenvalue weighted by Gasteiger charge is 2.37. The second-order valence-electron chi connectivity index (χ2n) is 5.63. The third-order valence-electron chi connectivity index (χ3n) is 3.85. The minimum Gasteiger partial charge on any atom is -0.492 e. The Hall–Kier alpha value is -2.24. The number of rotatable bonds is 5. The van der Waals surface area contributed by atoms with E-state index in [0.29, 0.717) is 34.5 Å². The second-order valence-corrected chi connectivity index (χ2v) is 6.50. The number of amides is 2. The van der Waals surface area contributed by atoms with Crippen molar-refractivity contribution in [2.24, 2.45) is 0 Å². The monoisotopic (exact) mass is 378 g/mol. The first kappa shape index (κ1) is 17.6. The van der Waals surface area contributed by atoms with Crippen molar-refractivity contribution in [3.05, 3.63) is 58.1 Å². The summed E-state index contributed by atoms with van der Waals surface area (Å²) in [4.78, 5) is 25.7. The van der Waals surface area contributed by atoms with Crippen molar-refractivity contribution in [2.45, 2.75) is 13.0 Å². The molecule has 0 saturated carbocycles. The first-order valence-electron chi connectivity index (χ1n) is 7.72. The van der Waals surface area contributed by atoms with Gasteiger partial charge in [0.05, 0.1) is 6.54 Å². The number of hydrogen-bond donors (Lipinski definition) is 1. The predicted molar refractivity (Wildman–Crippen MR) is 97.3 cm³/mol. The molecule has 3 rings (SSSR count). The molecule has 7 heteroatoms. The summed E-state index contributed by atoms with van der Waals surface area (Å²) in [5.41, 5.74) is 1.42. The molecule has 1 atom stereocenters.